The highest BCUT2D eigenvalue weighted by Crippen LogP contribution is 2.38. The number of nitrogens with one attached hydrogen (secondary N) is 1. The molecule has 5 rings (SSSR count). The third-order valence-corrected chi connectivity index (χ3v) is 6.37. The molecule has 2 aromatic carbocycles. The van der Waals surface area contributed by atoms with E-state index in [1.165, 1.54) is 0 Å². The topological polar surface area (TPSA) is 85.9 Å². The van der Waals surface area contributed by atoms with Gasteiger partial charge in [0.2, 0.25) is 6.79 Å². The quantitative estimate of drug-likeness (QED) is 0.386. The first-order valence-electron chi connectivity index (χ1n) is 11.6. The third kappa shape index (κ3) is 4.27. The van der Waals surface area contributed by atoms with Crippen LogP contribution in [-0.2, 0) is 12.8 Å². The number of nitrogens with zero attached hydrogens (tertiary/aromatic N) is 2. The summed E-state index contributed by atoms with van der Waals surface area (Å²) < 4.78 is 22.2. The fourth-order valence-electron chi connectivity index (χ4n) is 4.71. The molecule has 1 N–H and O–H groups in total. The summed E-state index contributed by atoms with van der Waals surface area (Å²) in [5.74, 6) is 3.41. The number of pyridine rings is 2. The number of benzene rings is 2. The molecule has 0 radical (unpaired) electrons. The maximum absolute atomic E-state index is 13.4. The molecule has 0 aliphatic carbocycles. The number of methoxy groups -OCH3 is 2. The largest absolute Gasteiger partial charge is 0.493 e. The molecule has 8 heteroatoms. The Bertz CT molecular complexity index is 1490. The number of anilines is 1. The number of aromatic nitrogens is 2. The van der Waals surface area contributed by atoms with Crippen LogP contribution in [0.15, 0.2) is 35.1 Å². The molecule has 8 nitrogen and oxygen atoms in total. The van der Waals surface area contributed by atoms with Crippen LogP contribution in [0, 0.1) is 0 Å². The molecule has 4 aromatic rings. The zero-order valence-corrected chi connectivity index (χ0v) is 20.7. The minimum absolute atomic E-state index is 0. The van der Waals surface area contributed by atoms with Crippen LogP contribution in [0.25, 0.3) is 21.7 Å². The second kappa shape index (κ2) is 9.97. The van der Waals surface area contributed by atoms with Gasteiger partial charge in [-0.05, 0) is 41.6 Å². The molecule has 0 fully saturated rings. The molecule has 0 bridgehead atoms. The number of hydrogen-bond donors (Lipinski definition) is 1. The fraction of sp³-hybridized carbons (Fsp3) is 0.357. The molecular weight excluding hydrogens is 458 g/mol. The van der Waals surface area contributed by atoms with Gasteiger partial charge in [0.1, 0.15) is 5.82 Å². The predicted octanol–water partition coefficient (Wildman–Crippen LogP) is 5.07. The van der Waals surface area contributed by atoms with Crippen LogP contribution < -0.4 is 29.4 Å². The van der Waals surface area contributed by atoms with Crippen molar-refractivity contribution in [1.29, 1.82) is 0 Å². The van der Waals surface area contributed by atoms with E-state index in [4.69, 9.17) is 23.9 Å². The molecule has 3 heterocycles. The van der Waals surface area contributed by atoms with Crippen molar-refractivity contribution < 1.29 is 18.9 Å². The molecule has 0 spiro atoms. The zero-order valence-electron chi connectivity index (χ0n) is 20.7. The molecule has 190 valence electrons. The molecular formula is C28H33N3O5. The number of aromatic amines is 1. The number of rotatable bonds is 7. The van der Waals surface area contributed by atoms with Crippen molar-refractivity contribution in [3.63, 3.8) is 0 Å². The van der Waals surface area contributed by atoms with Crippen molar-refractivity contribution in [3.05, 3.63) is 57.5 Å². The van der Waals surface area contributed by atoms with Gasteiger partial charge in [-0.25, -0.2) is 4.98 Å². The van der Waals surface area contributed by atoms with Gasteiger partial charge in [-0.3, -0.25) is 4.79 Å². The number of H-pyrrole nitrogens is 1. The lowest BCUT2D eigenvalue weighted by Gasteiger charge is -2.19. The number of hydrogen-bond acceptors (Lipinski definition) is 7. The van der Waals surface area contributed by atoms with E-state index in [1.807, 2.05) is 43.3 Å². The van der Waals surface area contributed by atoms with E-state index in [9.17, 15) is 4.79 Å². The highest BCUT2D eigenvalue weighted by atomic mass is 16.7. The summed E-state index contributed by atoms with van der Waals surface area (Å²) in [6.45, 7) is 2.30. The summed E-state index contributed by atoms with van der Waals surface area (Å²) in [4.78, 5) is 23.4. The summed E-state index contributed by atoms with van der Waals surface area (Å²) >= 11 is 0. The Morgan fingerprint density at radius 1 is 1.00 bits per heavy atom. The van der Waals surface area contributed by atoms with Crippen LogP contribution in [0.1, 0.15) is 37.6 Å². The maximum atomic E-state index is 13.4. The van der Waals surface area contributed by atoms with Gasteiger partial charge in [0, 0.05) is 48.6 Å². The van der Waals surface area contributed by atoms with Crippen LogP contribution in [0.5, 0.6) is 23.0 Å². The summed E-state index contributed by atoms with van der Waals surface area (Å²) in [5, 5.41) is 2.74. The lowest BCUT2D eigenvalue weighted by Crippen LogP contribution is -2.19. The maximum Gasteiger partial charge on any atom is 0.252 e. The first-order chi connectivity index (χ1) is 16.9. The minimum atomic E-state index is -0.108. The van der Waals surface area contributed by atoms with Crippen molar-refractivity contribution in [3.8, 4) is 23.0 Å². The Balaban J connectivity index is 0.00000304. The van der Waals surface area contributed by atoms with Crippen LogP contribution in [0.3, 0.4) is 0 Å². The molecule has 2 aromatic heterocycles. The monoisotopic (exact) mass is 491 g/mol. The summed E-state index contributed by atoms with van der Waals surface area (Å²) in [5.41, 5.74) is 3.19. The molecule has 1 aliphatic rings. The fourth-order valence-corrected chi connectivity index (χ4v) is 4.71. The van der Waals surface area contributed by atoms with Gasteiger partial charge in [-0.2, -0.15) is 0 Å². The molecule has 0 unspecified atom stereocenters. The van der Waals surface area contributed by atoms with Crippen LogP contribution >= 0.6 is 0 Å². The lowest BCUT2D eigenvalue weighted by molar-refractivity contribution is 0.174. The smallest absolute Gasteiger partial charge is 0.252 e. The molecule has 0 atom stereocenters. The molecule has 36 heavy (non-hydrogen) atoms. The summed E-state index contributed by atoms with van der Waals surface area (Å²) in [7, 11) is 7.12. The van der Waals surface area contributed by atoms with E-state index >= 15 is 0 Å². The minimum Gasteiger partial charge on any atom is -0.493 e. The van der Waals surface area contributed by atoms with E-state index in [-0.39, 0.29) is 19.8 Å². The van der Waals surface area contributed by atoms with Crippen LogP contribution in [0.4, 0.5) is 5.82 Å². The molecule has 0 saturated carbocycles. The Labute approximate surface area is 210 Å². The van der Waals surface area contributed by atoms with Crippen molar-refractivity contribution in [2.45, 2.75) is 33.6 Å². The van der Waals surface area contributed by atoms with Gasteiger partial charge >= 0.3 is 0 Å². The molecule has 0 amide bonds. The highest BCUT2D eigenvalue weighted by Gasteiger charge is 2.20. The van der Waals surface area contributed by atoms with Crippen molar-refractivity contribution in [1.82, 2.24) is 9.97 Å². The lowest BCUT2D eigenvalue weighted by atomic mass is 9.96. The molecule has 0 saturated heterocycles. The second-order valence-electron chi connectivity index (χ2n) is 8.85. The average Bonchev–Trinajstić information content (AvgIpc) is 3.30. The SMILES string of the molecule is C.CCCc1[nH]c(=O)c(Cc2cc3cc4c(cc3nc2N(C)C)OCO4)c2cc(OC)c(OC)cc12. The Hall–Kier alpha value is -3.94. The molecule has 1 aliphatic heterocycles. The summed E-state index contributed by atoms with van der Waals surface area (Å²) in [6.07, 6.45) is 2.07. The summed E-state index contributed by atoms with van der Waals surface area (Å²) in [6, 6.07) is 9.76. The van der Waals surface area contributed by atoms with Gasteiger partial charge in [0.25, 0.3) is 5.56 Å². The van der Waals surface area contributed by atoms with Crippen LogP contribution in [0.2, 0.25) is 0 Å². The first kappa shape index (κ1) is 25.2. The van der Waals surface area contributed by atoms with E-state index in [0.29, 0.717) is 35.0 Å². The normalized spacial score (nSPS) is 12.0. The Morgan fingerprint density at radius 3 is 2.31 bits per heavy atom. The van der Waals surface area contributed by atoms with Gasteiger partial charge in [0.15, 0.2) is 23.0 Å². The van der Waals surface area contributed by atoms with E-state index in [1.54, 1.807) is 14.2 Å². The zero-order chi connectivity index (χ0) is 24.7. The van der Waals surface area contributed by atoms with Crippen molar-refractivity contribution in [2.24, 2.45) is 0 Å². The first-order valence-corrected chi connectivity index (χ1v) is 11.6. The number of fused-ring (bicyclic) bond motifs is 3. The Morgan fingerprint density at radius 2 is 1.67 bits per heavy atom. The van der Waals surface area contributed by atoms with E-state index in [2.05, 4.69) is 18.0 Å². The second-order valence-corrected chi connectivity index (χ2v) is 8.85. The third-order valence-electron chi connectivity index (χ3n) is 6.37. The Kier molecular flexibility index (Phi) is 6.97. The van der Waals surface area contributed by atoms with Gasteiger partial charge in [-0.15, -0.1) is 0 Å². The van der Waals surface area contributed by atoms with Gasteiger partial charge in [-0.1, -0.05) is 20.8 Å². The van der Waals surface area contributed by atoms with Gasteiger partial charge < -0.3 is 28.8 Å². The van der Waals surface area contributed by atoms with E-state index in [0.717, 1.165) is 51.6 Å². The van der Waals surface area contributed by atoms with E-state index < -0.39 is 0 Å². The van der Waals surface area contributed by atoms with Gasteiger partial charge in [0.05, 0.1) is 19.7 Å². The van der Waals surface area contributed by atoms with Crippen LogP contribution in [-0.4, -0.2) is 45.1 Å². The number of ether oxygens (including phenoxy) is 4. The van der Waals surface area contributed by atoms with Crippen molar-refractivity contribution >= 4 is 27.5 Å². The highest BCUT2D eigenvalue weighted by molar-refractivity contribution is 5.91. The average molecular weight is 492 g/mol. The number of aryl methyl sites for hydroxylation is 1. The van der Waals surface area contributed by atoms with Crippen molar-refractivity contribution in [2.75, 3.05) is 40.0 Å². The standard InChI is InChI=1S/C27H29N3O5.CH4/c1-6-7-20-18-12-23(33-5)22(32-4)11-17(18)19(27(31)29-20)9-16-8-15-10-24-25(35-14-34-24)13-21(15)28-26(16)30(2)3;/h8,10-13H,6-7,9,14H2,1-5H3,(H,29,31);1H4. The predicted molar refractivity (Wildman–Crippen MR) is 143 cm³/mol.